The highest BCUT2D eigenvalue weighted by atomic mass is 35.5. The summed E-state index contributed by atoms with van der Waals surface area (Å²) in [6.07, 6.45) is -1.19. The van der Waals surface area contributed by atoms with Crippen molar-refractivity contribution in [2.75, 3.05) is 39.2 Å². The van der Waals surface area contributed by atoms with E-state index in [1.807, 2.05) is 79.7 Å². The van der Waals surface area contributed by atoms with Crippen molar-refractivity contribution in [1.29, 1.82) is 0 Å². The van der Waals surface area contributed by atoms with Gasteiger partial charge in [0.2, 0.25) is 0 Å². The summed E-state index contributed by atoms with van der Waals surface area (Å²) in [5, 5.41) is 21.1. The lowest BCUT2D eigenvalue weighted by Crippen LogP contribution is -2.45. The third kappa shape index (κ3) is 6.22. The smallest absolute Gasteiger partial charge is 0.339 e. The zero-order valence-electron chi connectivity index (χ0n) is 22.8. The number of hydrogen-bond acceptors (Lipinski definition) is 8. The molecule has 0 radical (unpaired) electrons. The van der Waals surface area contributed by atoms with E-state index in [1.54, 1.807) is 12.0 Å². The first-order valence-corrected chi connectivity index (χ1v) is 13.7. The second kappa shape index (κ2) is 12.7. The molecule has 214 valence electrons. The maximum absolute atomic E-state index is 14.4. The molecule has 10 heteroatoms. The number of hydrogen-bond donors (Lipinski definition) is 2. The van der Waals surface area contributed by atoms with Gasteiger partial charge in [-0.3, -0.25) is 4.79 Å². The number of benzene rings is 4. The Kier molecular flexibility index (Phi) is 9.32. The number of phenolic OH excluding ortho intramolecular Hbond substituents is 2. The van der Waals surface area contributed by atoms with Gasteiger partial charge in [-0.25, -0.2) is 4.79 Å². The molecule has 2 N–H and O–H groups in total. The minimum Gasteiger partial charge on any atom is -0.504 e. The van der Waals surface area contributed by atoms with E-state index in [9.17, 15) is 19.8 Å². The Bertz CT molecular complexity index is 1560. The number of carbonyl (C=O) groups excluding carboxylic acids is 2. The van der Waals surface area contributed by atoms with Gasteiger partial charge in [0.05, 0.1) is 23.6 Å². The number of thioether (sulfide) groups is 1. The number of carbonyl (C=O) groups is 2. The molecule has 5 rings (SSSR count). The van der Waals surface area contributed by atoms with Crippen LogP contribution in [-0.4, -0.2) is 67.4 Å². The third-order valence-corrected chi connectivity index (χ3v) is 8.28. The van der Waals surface area contributed by atoms with Crippen LogP contribution in [0.5, 0.6) is 17.2 Å². The fourth-order valence-corrected chi connectivity index (χ4v) is 6.13. The molecule has 0 aliphatic carbocycles. The first-order valence-electron chi connectivity index (χ1n) is 12.8. The maximum Gasteiger partial charge on any atom is 0.339 e. The largest absolute Gasteiger partial charge is 0.504 e. The highest BCUT2D eigenvalue weighted by molar-refractivity contribution is 8.00. The summed E-state index contributed by atoms with van der Waals surface area (Å²) in [6, 6.07) is 23.0. The molecule has 0 fully saturated rings. The molecular weight excluding hydrogens is 564 g/mol. The molecule has 4 aromatic rings. The van der Waals surface area contributed by atoms with Gasteiger partial charge in [-0.05, 0) is 66.8 Å². The number of halogens is 1. The molecule has 0 unspecified atom stereocenters. The number of esters is 1. The van der Waals surface area contributed by atoms with Crippen LogP contribution in [0.15, 0.2) is 83.8 Å². The lowest BCUT2D eigenvalue weighted by atomic mass is 10.0. The Morgan fingerprint density at radius 1 is 0.976 bits per heavy atom. The molecule has 0 saturated heterocycles. The molecule has 1 aliphatic heterocycles. The Morgan fingerprint density at radius 3 is 2.39 bits per heavy atom. The minimum absolute atomic E-state index is 0. The molecule has 0 spiro atoms. The number of methoxy groups -OCH3 is 1. The van der Waals surface area contributed by atoms with Crippen molar-refractivity contribution < 1.29 is 29.3 Å². The van der Waals surface area contributed by atoms with Crippen molar-refractivity contribution in [3.05, 3.63) is 90.0 Å². The van der Waals surface area contributed by atoms with Gasteiger partial charge >= 0.3 is 5.97 Å². The van der Waals surface area contributed by atoms with Crippen LogP contribution < -0.4 is 9.64 Å². The van der Waals surface area contributed by atoms with Crippen molar-refractivity contribution in [3.63, 3.8) is 0 Å². The first kappa shape index (κ1) is 30.0. The number of fused-ring (bicyclic) bond motifs is 3. The van der Waals surface area contributed by atoms with Crippen LogP contribution in [0, 0.1) is 0 Å². The van der Waals surface area contributed by atoms with Crippen LogP contribution in [-0.2, 0) is 9.53 Å². The normalized spacial score (nSPS) is 16.6. The molecule has 8 nitrogen and oxygen atoms in total. The fourth-order valence-electron chi connectivity index (χ4n) is 4.67. The Hall–Kier alpha value is -3.92. The van der Waals surface area contributed by atoms with Gasteiger partial charge in [0.25, 0.3) is 5.91 Å². The molecule has 2 atom stereocenters. The van der Waals surface area contributed by atoms with Crippen molar-refractivity contribution in [3.8, 4) is 17.2 Å². The van der Waals surface area contributed by atoms with Gasteiger partial charge in [0, 0.05) is 18.0 Å². The van der Waals surface area contributed by atoms with Crippen LogP contribution in [0.2, 0.25) is 0 Å². The van der Waals surface area contributed by atoms with E-state index in [-0.39, 0.29) is 29.6 Å². The molecule has 0 aromatic heterocycles. The monoisotopic (exact) mass is 594 g/mol. The summed E-state index contributed by atoms with van der Waals surface area (Å²) < 4.78 is 11.3. The molecule has 1 aliphatic rings. The van der Waals surface area contributed by atoms with Gasteiger partial charge in [0.15, 0.2) is 17.6 Å². The minimum atomic E-state index is -1.19. The van der Waals surface area contributed by atoms with Crippen LogP contribution in [0.1, 0.15) is 21.2 Å². The average molecular weight is 595 g/mol. The van der Waals surface area contributed by atoms with E-state index in [2.05, 4.69) is 0 Å². The quantitative estimate of drug-likeness (QED) is 0.209. The maximum atomic E-state index is 14.4. The number of amides is 1. The molecule has 1 amide bonds. The van der Waals surface area contributed by atoms with E-state index < -0.39 is 23.1 Å². The van der Waals surface area contributed by atoms with E-state index in [1.165, 1.54) is 23.9 Å². The summed E-state index contributed by atoms with van der Waals surface area (Å²) in [5.41, 5.74) is 1.57. The molecular formula is C31H31ClN2O6S. The fraction of sp³-hybridized carbons (Fsp3) is 0.226. The lowest BCUT2D eigenvalue weighted by Gasteiger charge is -2.28. The van der Waals surface area contributed by atoms with Crippen LogP contribution in [0.3, 0.4) is 0 Å². The summed E-state index contributed by atoms with van der Waals surface area (Å²) in [4.78, 5) is 32.3. The lowest BCUT2D eigenvalue weighted by molar-refractivity contribution is -0.127. The van der Waals surface area contributed by atoms with Crippen LogP contribution >= 0.6 is 24.2 Å². The number of phenols is 2. The molecule has 0 saturated carbocycles. The Labute approximate surface area is 248 Å². The topological polar surface area (TPSA) is 99.5 Å². The predicted octanol–water partition coefficient (Wildman–Crippen LogP) is 5.65. The van der Waals surface area contributed by atoms with Crippen molar-refractivity contribution >= 4 is 52.5 Å². The highest BCUT2D eigenvalue weighted by Gasteiger charge is 2.42. The van der Waals surface area contributed by atoms with E-state index in [4.69, 9.17) is 9.47 Å². The second-order valence-corrected chi connectivity index (χ2v) is 10.9. The number of likely N-dealkylation sites (N-methyl/N-ethyl adjacent to an activating group) is 1. The van der Waals surface area contributed by atoms with Crippen LogP contribution in [0.25, 0.3) is 10.8 Å². The summed E-state index contributed by atoms with van der Waals surface area (Å²) in [6.45, 7) is 0.990. The zero-order valence-corrected chi connectivity index (χ0v) is 24.4. The van der Waals surface area contributed by atoms with E-state index in [0.717, 1.165) is 33.0 Å². The summed E-state index contributed by atoms with van der Waals surface area (Å²) >= 11 is 1.48. The van der Waals surface area contributed by atoms with Crippen LogP contribution in [0.4, 0.5) is 5.69 Å². The zero-order chi connectivity index (χ0) is 28.4. The van der Waals surface area contributed by atoms with Gasteiger partial charge in [-0.2, -0.15) is 0 Å². The van der Waals surface area contributed by atoms with Gasteiger partial charge in [-0.1, -0.05) is 42.5 Å². The molecule has 41 heavy (non-hydrogen) atoms. The first-order chi connectivity index (χ1) is 19.3. The van der Waals surface area contributed by atoms with Crippen molar-refractivity contribution in [1.82, 2.24) is 4.90 Å². The molecule has 0 bridgehead atoms. The Balaban J connectivity index is 0.00000387. The van der Waals surface area contributed by atoms with Crippen molar-refractivity contribution in [2.45, 2.75) is 16.2 Å². The summed E-state index contributed by atoms with van der Waals surface area (Å²) in [7, 11) is 5.46. The number of aromatic hydroxyl groups is 2. The predicted molar refractivity (Wildman–Crippen MR) is 163 cm³/mol. The number of rotatable bonds is 7. The van der Waals surface area contributed by atoms with E-state index in [0.29, 0.717) is 18.8 Å². The molecule has 4 aromatic carbocycles. The SMILES string of the molecule is COc1ccc([C@@H]2Sc3c(ccc4ccccc34)N(CCN(C)C)C(=O)[C@@H]2OC(=O)c2ccc(O)c(O)c2)cc1.Cl. The summed E-state index contributed by atoms with van der Waals surface area (Å²) in [5.74, 6) is -1.27. The van der Waals surface area contributed by atoms with Gasteiger partial charge in [-0.15, -0.1) is 24.2 Å². The number of ether oxygens (including phenoxy) is 2. The van der Waals surface area contributed by atoms with Crippen molar-refractivity contribution in [2.24, 2.45) is 0 Å². The average Bonchev–Trinajstić information content (AvgIpc) is 3.07. The molecule has 1 heterocycles. The number of anilines is 1. The van der Waals surface area contributed by atoms with Gasteiger partial charge < -0.3 is 29.5 Å². The number of nitrogens with zero attached hydrogens (tertiary/aromatic N) is 2. The van der Waals surface area contributed by atoms with Gasteiger partial charge in [0.1, 0.15) is 5.75 Å². The Morgan fingerprint density at radius 2 is 1.71 bits per heavy atom. The highest BCUT2D eigenvalue weighted by Crippen LogP contribution is 2.49. The second-order valence-electron chi connectivity index (χ2n) is 9.77. The standard InChI is InChI=1S/C31H30N2O6S.ClH/c1-32(2)16-17-33-24-14-10-19-6-4-5-7-23(19)29(24)40-28(20-8-12-22(38-3)13-9-20)27(30(33)36)39-31(37)21-11-15-25(34)26(35)18-21;/h4-15,18,27-28,34-35H,16-17H2,1-3H3;1H/t27-,28+;/m1./s1. The van der Waals surface area contributed by atoms with E-state index >= 15 is 0 Å². The third-order valence-electron chi connectivity index (χ3n) is 6.84.